The van der Waals surface area contributed by atoms with E-state index >= 15 is 0 Å². The van der Waals surface area contributed by atoms with Crippen LogP contribution in [-0.4, -0.2) is 35.1 Å². The second kappa shape index (κ2) is 6.78. The number of carbonyl (C=O) groups is 1. The first kappa shape index (κ1) is 14.9. The van der Waals surface area contributed by atoms with Gasteiger partial charge in [-0.3, -0.25) is 15.1 Å². The summed E-state index contributed by atoms with van der Waals surface area (Å²) in [6.07, 6.45) is 3.32. The van der Waals surface area contributed by atoms with Crippen molar-refractivity contribution in [3.63, 3.8) is 0 Å². The number of nitrogens with zero attached hydrogens (tertiary/aromatic N) is 1. The highest BCUT2D eigenvalue weighted by Gasteiger charge is 2.25. The van der Waals surface area contributed by atoms with Crippen LogP contribution in [-0.2, 0) is 6.54 Å². The number of benzene rings is 1. The zero-order valence-electron chi connectivity index (χ0n) is 11.3. The molecule has 1 aliphatic rings. The third-order valence-corrected chi connectivity index (χ3v) is 3.79. The van der Waals surface area contributed by atoms with Gasteiger partial charge in [-0.05, 0) is 31.0 Å². The quantitative estimate of drug-likeness (QED) is 0.409. The summed E-state index contributed by atoms with van der Waals surface area (Å²) in [5.74, 6) is 4.30. The number of rotatable bonds is 6. The summed E-state index contributed by atoms with van der Waals surface area (Å²) in [7, 11) is 0. The third kappa shape index (κ3) is 3.33. The summed E-state index contributed by atoms with van der Waals surface area (Å²) in [5, 5.41) is 9.12. The van der Waals surface area contributed by atoms with Crippen LogP contribution in [0.3, 0.4) is 0 Å². The van der Waals surface area contributed by atoms with Crippen LogP contribution in [0.15, 0.2) is 18.2 Å². The summed E-state index contributed by atoms with van der Waals surface area (Å²) in [6, 6.07) is 4.59. The average Bonchev–Trinajstić information content (AvgIpc) is 2.38. The summed E-state index contributed by atoms with van der Waals surface area (Å²) in [6.45, 7) is 0.946. The summed E-state index contributed by atoms with van der Waals surface area (Å²) >= 11 is 0. The summed E-state index contributed by atoms with van der Waals surface area (Å²) in [4.78, 5) is 13.5. The fraction of sp³-hybridized carbons (Fsp3) is 0.500. The lowest BCUT2D eigenvalue weighted by molar-refractivity contribution is 0.0927. The molecule has 1 saturated carbocycles. The Morgan fingerprint density at radius 3 is 2.80 bits per heavy atom. The van der Waals surface area contributed by atoms with Crippen molar-refractivity contribution in [2.24, 2.45) is 5.84 Å². The molecule has 4 N–H and O–H groups in total. The first-order chi connectivity index (χ1) is 9.65. The molecule has 1 aromatic carbocycles. The Balaban J connectivity index is 2.15. The molecular weight excluding hydrogens is 261 g/mol. The second-order valence-electron chi connectivity index (χ2n) is 5.06. The Bertz CT molecular complexity index is 477. The number of hydrogen-bond donors (Lipinski definition) is 3. The normalized spacial score (nSPS) is 15.2. The van der Waals surface area contributed by atoms with Crippen LogP contribution in [0.2, 0.25) is 0 Å². The maximum Gasteiger partial charge on any atom is 0.265 e. The van der Waals surface area contributed by atoms with E-state index in [1.54, 1.807) is 0 Å². The van der Waals surface area contributed by atoms with Gasteiger partial charge in [0.25, 0.3) is 5.91 Å². The summed E-state index contributed by atoms with van der Waals surface area (Å²) < 4.78 is 13.9. The van der Waals surface area contributed by atoms with Crippen LogP contribution in [0.25, 0.3) is 0 Å². The molecule has 0 atom stereocenters. The number of hydrazine groups is 1. The van der Waals surface area contributed by atoms with Crippen LogP contribution >= 0.6 is 0 Å². The van der Waals surface area contributed by atoms with Crippen molar-refractivity contribution in [3.05, 3.63) is 35.1 Å². The van der Waals surface area contributed by atoms with Crippen molar-refractivity contribution in [2.45, 2.75) is 31.8 Å². The minimum atomic E-state index is -0.441. The number of aliphatic hydroxyl groups excluding tert-OH is 1. The maximum atomic E-state index is 13.9. The smallest absolute Gasteiger partial charge is 0.265 e. The van der Waals surface area contributed by atoms with Crippen molar-refractivity contribution in [1.82, 2.24) is 10.3 Å². The van der Waals surface area contributed by atoms with E-state index in [9.17, 15) is 9.18 Å². The Labute approximate surface area is 117 Å². The van der Waals surface area contributed by atoms with Crippen molar-refractivity contribution in [3.8, 4) is 0 Å². The SMILES string of the molecule is NNC(=O)c1ccc(F)c(CN(CCO)C2CCC2)c1. The van der Waals surface area contributed by atoms with E-state index in [4.69, 9.17) is 10.9 Å². The van der Waals surface area contributed by atoms with E-state index in [1.807, 2.05) is 5.43 Å². The van der Waals surface area contributed by atoms with Gasteiger partial charge in [-0.1, -0.05) is 6.42 Å². The Hall–Kier alpha value is -1.50. The molecule has 2 rings (SSSR count). The molecule has 1 fully saturated rings. The Kier molecular flexibility index (Phi) is 5.05. The van der Waals surface area contributed by atoms with Gasteiger partial charge in [0.15, 0.2) is 0 Å². The molecule has 6 heteroatoms. The number of hydrogen-bond acceptors (Lipinski definition) is 4. The minimum Gasteiger partial charge on any atom is -0.395 e. The second-order valence-corrected chi connectivity index (χ2v) is 5.06. The van der Waals surface area contributed by atoms with E-state index < -0.39 is 5.91 Å². The van der Waals surface area contributed by atoms with Crippen molar-refractivity contribution in [2.75, 3.05) is 13.2 Å². The lowest BCUT2D eigenvalue weighted by atomic mass is 9.91. The molecule has 0 radical (unpaired) electrons. The Morgan fingerprint density at radius 1 is 1.50 bits per heavy atom. The van der Waals surface area contributed by atoms with E-state index in [0.29, 0.717) is 30.3 Å². The van der Waals surface area contributed by atoms with Gasteiger partial charge in [-0.15, -0.1) is 0 Å². The average molecular weight is 281 g/mol. The number of halogens is 1. The van der Waals surface area contributed by atoms with E-state index in [0.717, 1.165) is 12.8 Å². The fourth-order valence-electron chi connectivity index (χ4n) is 2.41. The van der Waals surface area contributed by atoms with Crippen LogP contribution in [0.4, 0.5) is 4.39 Å². The van der Waals surface area contributed by atoms with E-state index in [2.05, 4.69) is 4.90 Å². The number of aliphatic hydroxyl groups is 1. The van der Waals surface area contributed by atoms with Crippen molar-refractivity contribution in [1.29, 1.82) is 0 Å². The van der Waals surface area contributed by atoms with Gasteiger partial charge in [-0.2, -0.15) is 0 Å². The number of amides is 1. The number of nitrogen functional groups attached to an aromatic ring is 1. The van der Waals surface area contributed by atoms with Crippen LogP contribution in [0.1, 0.15) is 35.2 Å². The highest BCUT2D eigenvalue weighted by atomic mass is 19.1. The molecule has 0 unspecified atom stereocenters. The van der Waals surface area contributed by atoms with Gasteiger partial charge in [-0.25, -0.2) is 10.2 Å². The molecule has 20 heavy (non-hydrogen) atoms. The standard InChI is InChI=1S/C14H20FN3O2/c15-13-5-4-10(14(20)17-16)8-11(13)9-18(6-7-19)12-2-1-3-12/h4-5,8,12,19H,1-3,6-7,9,16H2,(H,17,20). The predicted octanol–water partition coefficient (Wildman–Crippen LogP) is 0.776. The van der Waals surface area contributed by atoms with Gasteiger partial charge in [0.1, 0.15) is 5.82 Å². The van der Waals surface area contributed by atoms with Gasteiger partial charge >= 0.3 is 0 Å². The predicted molar refractivity (Wildman–Crippen MR) is 73.2 cm³/mol. The molecular formula is C14H20FN3O2. The molecule has 0 saturated heterocycles. The van der Waals surface area contributed by atoms with Gasteiger partial charge in [0, 0.05) is 30.3 Å². The van der Waals surface area contributed by atoms with Crippen LogP contribution in [0, 0.1) is 5.82 Å². The molecule has 1 amide bonds. The lowest BCUT2D eigenvalue weighted by Gasteiger charge is -2.37. The molecule has 0 aliphatic heterocycles. The summed E-state index contributed by atoms with van der Waals surface area (Å²) in [5.41, 5.74) is 2.82. The third-order valence-electron chi connectivity index (χ3n) is 3.79. The largest absolute Gasteiger partial charge is 0.395 e. The molecule has 1 aromatic rings. The van der Waals surface area contributed by atoms with Gasteiger partial charge in [0.2, 0.25) is 0 Å². The maximum absolute atomic E-state index is 13.9. The minimum absolute atomic E-state index is 0.0428. The van der Waals surface area contributed by atoms with Gasteiger partial charge < -0.3 is 5.11 Å². The van der Waals surface area contributed by atoms with E-state index in [1.165, 1.54) is 24.6 Å². The first-order valence-electron chi connectivity index (χ1n) is 6.80. The molecule has 0 heterocycles. The monoisotopic (exact) mass is 281 g/mol. The van der Waals surface area contributed by atoms with Crippen molar-refractivity contribution >= 4 is 5.91 Å². The number of carbonyl (C=O) groups excluding carboxylic acids is 1. The number of nitrogens with one attached hydrogen (secondary N) is 1. The van der Waals surface area contributed by atoms with Crippen LogP contribution in [0.5, 0.6) is 0 Å². The zero-order valence-corrected chi connectivity index (χ0v) is 11.3. The Morgan fingerprint density at radius 2 is 2.25 bits per heavy atom. The highest BCUT2D eigenvalue weighted by molar-refractivity contribution is 5.93. The number of nitrogens with two attached hydrogens (primary N) is 1. The molecule has 0 aromatic heterocycles. The zero-order chi connectivity index (χ0) is 14.5. The molecule has 5 nitrogen and oxygen atoms in total. The molecule has 1 aliphatic carbocycles. The molecule has 0 bridgehead atoms. The van der Waals surface area contributed by atoms with E-state index in [-0.39, 0.29) is 12.4 Å². The van der Waals surface area contributed by atoms with Gasteiger partial charge in [0.05, 0.1) is 6.61 Å². The van der Waals surface area contributed by atoms with Crippen LogP contribution < -0.4 is 11.3 Å². The highest BCUT2D eigenvalue weighted by Crippen LogP contribution is 2.26. The topological polar surface area (TPSA) is 78.6 Å². The first-order valence-corrected chi connectivity index (χ1v) is 6.80. The van der Waals surface area contributed by atoms with Crippen molar-refractivity contribution < 1.29 is 14.3 Å². The molecule has 0 spiro atoms. The fourth-order valence-corrected chi connectivity index (χ4v) is 2.41. The lowest BCUT2D eigenvalue weighted by Crippen LogP contribution is -2.41. The molecule has 110 valence electrons.